The SMILES string of the molecule is Cc1ccc(-c2ccccc2-c2nc(-c3ccccc3)nc(-c3cccc(-c4nc(-c5ccccc5)c(-c5ccccc5)nc4-c4ccccc4)c3)n2)c(C)n1. The molecule has 0 N–H and O–H groups in total. The molecule has 56 heavy (non-hydrogen) atoms. The summed E-state index contributed by atoms with van der Waals surface area (Å²) in [6.07, 6.45) is 0. The minimum absolute atomic E-state index is 0.558. The molecule has 6 nitrogen and oxygen atoms in total. The molecule has 0 bridgehead atoms. The molecule has 6 aromatic carbocycles. The van der Waals surface area contributed by atoms with Crippen molar-refractivity contribution in [1.82, 2.24) is 29.9 Å². The Hall–Kier alpha value is -7.44. The lowest BCUT2D eigenvalue weighted by atomic mass is 9.97. The second kappa shape index (κ2) is 15.1. The maximum atomic E-state index is 5.47. The first-order valence-electron chi connectivity index (χ1n) is 18.6. The van der Waals surface area contributed by atoms with Crippen LogP contribution >= 0.6 is 0 Å². The lowest BCUT2D eigenvalue weighted by molar-refractivity contribution is 1.07. The molecule has 9 aromatic rings. The first kappa shape index (κ1) is 34.3. The van der Waals surface area contributed by atoms with Crippen molar-refractivity contribution in [2.75, 3.05) is 0 Å². The van der Waals surface area contributed by atoms with Crippen molar-refractivity contribution in [3.63, 3.8) is 0 Å². The molecule has 0 amide bonds. The van der Waals surface area contributed by atoms with Crippen LogP contribution in [0.3, 0.4) is 0 Å². The highest BCUT2D eigenvalue weighted by Gasteiger charge is 2.21. The lowest BCUT2D eigenvalue weighted by Crippen LogP contribution is -2.02. The van der Waals surface area contributed by atoms with Crippen LogP contribution in [0.15, 0.2) is 182 Å². The van der Waals surface area contributed by atoms with Gasteiger partial charge in [-0.3, -0.25) is 4.98 Å². The molecule has 0 spiro atoms. The summed E-state index contributed by atoms with van der Waals surface area (Å²) in [5.74, 6) is 1.73. The number of hydrogen-bond donors (Lipinski definition) is 0. The van der Waals surface area contributed by atoms with Crippen LogP contribution in [0.2, 0.25) is 0 Å². The number of rotatable bonds is 8. The minimum atomic E-state index is 0.558. The van der Waals surface area contributed by atoms with Gasteiger partial charge in [0.2, 0.25) is 0 Å². The van der Waals surface area contributed by atoms with Gasteiger partial charge >= 0.3 is 0 Å². The molecule has 0 saturated carbocycles. The van der Waals surface area contributed by atoms with Crippen molar-refractivity contribution in [2.24, 2.45) is 0 Å². The van der Waals surface area contributed by atoms with E-state index in [1.807, 2.05) is 129 Å². The summed E-state index contributed by atoms with van der Waals surface area (Å²) < 4.78 is 0. The Morgan fingerprint density at radius 2 is 0.679 bits per heavy atom. The Kier molecular flexibility index (Phi) is 9.27. The smallest absolute Gasteiger partial charge is 0.164 e. The van der Waals surface area contributed by atoms with Gasteiger partial charge in [-0.2, -0.15) is 0 Å². The van der Waals surface area contributed by atoms with Gasteiger partial charge in [-0.25, -0.2) is 24.9 Å². The normalized spacial score (nSPS) is 11.0. The predicted octanol–water partition coefficient (Wildman–Crippen LogP) is 12.0. The van der Waals surface area contributed by atoms with Crippen LogP contribution in [0, 0.1) is 13.8 Å². The van der Waals surface area contributed by atoms with Gasteiger partial charge in [-0.05, 0) is 31.5 Å². The highest BCUT2D eigenvalue weighted by Crippen LogP contribution is 2.39. The van der Waals surface area contributed by atoms with E-state index in [9.17, 15) is 0 Å². The van der Waals surface area contributed by atoms with E-state index in [2.05, 4.69) is 66.7 Å². The molecule has 0 aliphatic rings. The van der Waals surface area contributed by atoms with Crippen LogP contribution in [0.4, 0.5) is 0 Å². The van der Waals surface area contributed by atoms with Gasteiger partial charge in [-0.1, -0.05) is 170 Å². The zero-order chi connectivity index (χ0) is 37.8. The van der Waals surface area contributed by atoms with Crippen molar-refractivity contribution >= 4 is 0 Å². The van der Waals surface area contributed by atoms with Gasteiger partial charge in [0.15, 0.2) is 17.5 Å². The Morgan fingerprint density at radius 3 is 1.21 bits per heavy atom. The maximum absolute atomic E-state index is 5.47. The van der Waals surface area contributed by atoms with E-state index in [0.717, 1.165) is 84.2 Å². The summed E-state index contributed by atoms with van der Waals surface area (Å²) >= 11 is 0. The molecule has 3 aromatic heterocycles. The molecule has 3 heterocycles. The Balaban J connectivity index is 1.25. The molecule has 6 heteroatoms. The number of hydrogen-bond acceptors (Lipinski definition) is 6. The fourth-order valence-electron chi connectivity index (χ4n) is 7.06. The number of nitrogens with zero attached hydrogens (tertiary/aromatic N) is 6. The average Bonchev–Trinajstić information content (AvgIpc) is 3.27. The monoisotopic (exact) mass is 720 g/mol. The molecule has 0 aliphatic heterocycles. The van der Waals surface area contributed by atoms with Gasteiger partial charge < -0.3 is 0 Å². The van der Waals surface area contributed by atoms with Crippen molar-refractivity contribution in [3.05, 3.63) is 193 Å². The van der Waals surface area contributed by atoms with E-state index >= 15 is 0 Å². The van der Waals surface area contributed by atoms with Crippen molar-refractivity contribution in [1.29, 1.82) is 0 Å². The van der Waals surface area contributed by atoms with Gasteiger partial charge in [0.05, 0.1) is 22.8 Å². The van der Waals surface area contributed by atoms with Crippen LogP contribution in [0.25, 0.3) is 90.3 Å². The van der Waals surface area contributed by atoms with Crippen LogP contribution in [0.1, 0.15) is 11.4 Å². The van der Waals surface area contributed by atoms with E-state index in [1.165, 1.54) is 0 Å². The van der Waals surface area contributed by atoms with Gasteiger partial charge in [-0.15, -0.1) is 0 Å². The molecule has 0 radical (unpaired) electrons. The zero-order valence-electron chi connectivity index (χ0n) is 31.0. The van der Waals surface area contributed by atoms with Crippen molar-refractivity contribution in [2.45, 2.75) is 13.8 Å². The number of benzene rings is 6. The van der Waals surface area contributed by atoms with E-state index in [0.29, 0.717) is 17.5 Å². The van der Waals surface area contributed by atoms with Gasteiger partial charge in [0.1, 0.15) is 0 Å². The van der Waals surface area contributed by atoms with Crippen LogP contribution in [0.5, 0.6) is 0 Å². The Morgan fingerprint density at radius 1 is 0.268 bits per heavy atom. The van der Waals surface area contributed by atoms with Crippen LogP contribution < -0.4 is 0 Å². The van der Waals surface area contributed by atoms with Crippen LogP contribution in [-0.4, -0.2) is 29.9 Å². The minimum Gasteiger partial charge on any atom is -0.258 e. The summed E-state index contributed by atoms with van der Waals surface area (Å²) in [4.78, 5) is 31.0. The van der Waals surface area contributed by atoms with Crippen molar-refractivity contribution < 1.29 is 0 Å². The summed E-state index contributed by atoms with van der Waals surface area (Å²) in [6, 6.07) is 61.5. The van der Waals surface area contributed by atoms with E-state index in [4.69, 9.17) is 29.9 Å². The standard InChI is InChI=1S/C50H36N6/c1-33-30-31-41(34(2)51-33)42-28-15-16-29-43(42)50-55-48(38-24-13-6-14-25-38)54-49(56-50)40-27-17-26-39(32-40)47-46(37-22-11-5-12-23-37)52-44(35-18-7-3-8-19-35)45(53-47)36-20-9-4-10-21-36/h3-32H,1-2H3. The molecule has 0 saturated heterocycles. The van der Waals surface area contributed by atoms with Crippen LogP contribution in [-0.2, 0) is 0 Å². The van der Waals surface area contributed by atoms with Gasteiger partial charge in [0.25, 0.3) is 0 Å². The third kappa shape index (κ3) is 6.88. The predicted molar refractivity (Wildman–Crippen MR) is 226 cm³/mol. The molecule has 0 fully saturated rings. The fourth-order valence-corrected chi connectivity index (χ4v) is 7.06. The number of pyridine rings is 1. The third-order valence-electron chi connectivity index (χ3n) is 9.78. The highest BCUT2D eigenvalue weighted by molar-refractivity contribution is 5.88. The highest BCUT2D eigenvalue weighted by atomic mass is 15.0. The number of aromatic nitrogens is 6. The molecule has 9 rings (SSSR count). The fraction of sp³-hybridized carbons (Fsp3) is 0.0400. The first-order valence-corrected chi connectivity index (χ1v) is 18.6. The maximum Gasteiger partial charge on any atom is 0.164 e. The van der Waals surface area contributed by atoms with Gasteiger partial charge in [0, 0.05) is 55.9 Å². The van der Waals surface area contributed by atoms with Crippen molar-refractivity contribution in [3.8, 4) is 90.3 Å². The molecule has 0 atom stereocenters. The molecule has 0 aliphatic carbocycles. The molecular weight excluding hydrogens is 685 g/mol. The Labute approximate surface area is 326 Å². The molecule has 266 valence electrons. The van der Waals surface area contributed by atoms with E-state index < -0.39 is 0 Å². The summed E-state index contributed by atoms with van der Waals surface area (Å²) in [5.41, 5.74) is 13.7. The largest absolute Gasteiger partial charge is 0.258 e. The van der Waals surface area contributed by atoms with E-state index in [-0.39, 0.29) is 0 Å². The third-order valence-corrected chi connectivity index (χ3v) is 9.78. The molecule has 0 unspecified atom stereocenters. The Bertz CT molecular complexity index is 2810. The topological polar surface area (TPSA) is 77.3 Å². The van der Waals surface area contributed by atoms with E-state index in [1.54, 1.807) is 0 Å². The number of aryl methyl sites for hydroxylation is 2. The first-order chi connectivity index (χ1) is 27.6. The average molecular weight is 721 g/mol. The second-order valence-electron chi connectivity index (χ2n) is 13.6. The summed E-state index contributed by atoms with van der Waals surface area (Å²) in [5, 5.41) is 0. The zero-order valence-corrected chi connectivity index (χ0v) is 31.0. The summed E-state index contributed by atoms with van der Waals surface area (Å²) in [7, 11) is 0. The second-order valence-corrected chi connectivity index (χ2v) is 13.6. The molecular formula is C50H36N6. The summed E-state index contributed by atoms with van der Waals surface area (Å²) in [6.45, 7) is 4.05. The quantitative estimate of drug-likeness (QED) is 0.155. The lowest BCUT2D eigenvalue weighted by Gasteiger charge is -2.16.